The van der Waals surface area contributed by atoms with Crippen molar-refractivity contribution in [1.82, 2.24) is 4.57 Å². The van der Waals surface area contributed by atoms with E-state index in [1.807, 2.05) is 6.07 Å². The molecule has 0 N–H and O–H groups in total. The Kier molecular flexibility index (Phi) is 2.85. The van der Waals surface area contributed by atoms with E-state index in [2.05, 4.69) is 60.0 Å². The molecule has 2 aromatic carbocycles. The maximum Gasteiger partial charge on any atom is 0.0634 e. The van der Waals surface area contributed by atoms with Crippen LogP contribution in [0, 0.1) is 6.92 Å². The average Bonchev–Trinajstić information content (AvgIpc) is 2.73. The Bertz CT molecular complexity index is 683. The number of alkyl halides is 1. The molecule has 0 fully saturated rings. The van der Waals surface area contributed by atoms with E-state index in [4.69, 9.17) is 11.6 Å². The third kappa shape index (κ3) is 1.63. The molecule has 3 rings (SSSR count). The van der Waals surface area contributed by atoms with Crippen LogP contribution < -0.4 is 0 Å². The molecule has 0 unspecified atom stereocenters. The Morgan fingerprint density at radius 1 is 0.944 bits per heavy atom. The van der Waals surface area contributed by atoms with Gasteiger partial charge in [-0.05, 0) is 30.7 Å². The van der Waals surface area contributed by atoms with Gasteiger partial charge in [-0.1, -0.05) is 36.4 Å². The van der Waals surface area contributed by atoms with Gasteiger partial charge in [-0.3, -0.25) is 0 Å². The van der Waals surface area contributed by atoms with E-state index < -0.39 is 0 Å². The fraction of sp³-hybridized carbons (Fsp3) is 0.125. The van der Waals surface area contributed by atoms with Crippen molar-refractivity contribution in [2.24, 2.45) is 0 Å². The third-order valence-electron chi connectivity index (χ3n) is 3.39. The summed E-state index contributed by atoms with van der Waals surface area (Å²) in [6.07, 6.45) is 0. The average molecular weight is 256 g/mol. The van der Waals surface area contributed by atoms with E-state index in [0.717, 1.165) is 5.69 Å². The van der Waals surface area contributed by atoms with Gasteiger partial charge in [-0.2, -0.15) is 0 Å². The van der Waals surface area contributed by atoms with Gasteiger partial charge >= 0.3 is 0 Å². The van der Waals surface area contributed by atoms with Crippen molar-refractivity contribution in [2.45, 2.75) is 12.8 Å². The SMILES string of the molecule is Cc1c(CCl)n(-c2ccccc2)c2ccccc12. The third-order valence-corrected chi connectivity index (χ3v) is 3.65. The minimum absolute atomic E-state index is 0.523. The lowest BCUT2D eigenvalue weighted by atomic mass is 10.2. The second-order valence-electron chi connectivity index (χ2n) is 4.39. The summed E-state index contributed by atoms with van der Waals surface area (Å²) >= 11 is 6.14. The molecule has 2 heteroatoms. The van der Waals surface area contributed by atoms with Crippen LogP contribution >= 0.6 is 11.6 Å². The van der Waals surface area contributed by atoms with Crippen molar-refractivity contribution < 1.29 is 0 Å². The highest BCUT2D eigenvalue weighted by Crippen LogP contribution is 2.29. The van der Waals surface area contributed by atoms with Gasteiger partial charge in [-0.25, -0.2) is 0 Å². The Morgan fingerprint density at radius 3 is 2.33 bits per heavy atom. The molecule has 3 aromatic rings. The molecule has 1 nitrogen and oxygen atoms in total. The van der Waals surface area contributed by atoms with E-state index in [1.54, 1.807) is 0 Å². The van der Waals surface area contributed by atoms with E-state index in [-0.39, 0.29) is 0 Å². The summed E-state index contributed by atoms with van der Waals surface area (Å²) in [5.41, 5.74) is 4.82. The zero-order valence-electron chi connectivity index (χ0n) is 10.2. The molecule has 0 aliphatic rings. The number of fused-ring (bicyclic) bond motifs is 1. The standard InChI is InChI=1S/C16H14ClN/c1-12-14-9-5-6-10-15(14)18(16(12)11-17)13-7-3-2-4-8-13/h2-10H,11H2,1H3. The fourth-order valence-electron chi connectivity index (χ4n) is 2.49. The van der Waals surface area contributed by atoms with Gasteiger partial charge in [0.05, 0.1) is 11.4 Å². The van der Waals surface area contributed by atoms with Crippen LogP contribution in [-0.4, -0.2) is 4.57 Å². The molecule has 0 saturated carbocycles. The molecule has 1 heterocycles. The molecule has 0 radical (unpaired) electrons. The van der Waals surface area contributed by atoms with Gasteiger partial charge in [0.1, 0.15) is 0 Å². The van der Waals surface area contributed by atoms with Crippen LogP contribution in [0.5, 0.6) is 0 Å². The molecule has 0 saturated heterocycles. The monoisotopic (exact) mass is 255 g/mol. The molecule has 90 valence electrons. The molecule has 0 bridgehead atoms. The van der Waals surface area contributed by atoms with Crippen molar-refractivity contribution in [1.29, 1.82) is 0 Å². The molecule has 0 aliphatic carbocycles. The topological polar surface area (TPSA) is 4.93 Å². The summed E-state index contributed by atoms with van der Waals surface area (Å²) in [7, 11) is 0. The Balaban J connectivity index is 2.41. The Morgan fingerprint density at radius 2 is 1.61 bits per heavy atom. The predicted molar refractivity (Wildman–Crippen MR) is 77.6 cm³/mol. The summed E-state index contributed by atoms with van der Waals surface area (Å²) in [6.45, 7) is 2.14. The number of rotatable bonds is 2. The van der Waals surface area contributed by atoms with Crippen molar-refractivity contribution in [3.63, 3.8) is 0 Å². The smallest absolute Gasteiger partial charge is 0.0634 e. The predicted octanol–water partition coefficient (Wildman–Crippen LogP) is 4.68. The Labute approximate surface area is 112 Å². The van der Waals surface area contributed by atoms with E-state index in [1.165, 1.54) is 22.2 Å². The number of hydrogen-bond acceptors (Lipinski definition) is 0. The largest absolute Gasteiger partial charge is 0.312 e. The highest BCUT2D eigenvalue weighted by Gasteiger charge is 2.13. The maximum absolute atomic E-state index is 6.14. The van der Waals surface area contributed by atoms with Gasteiger partial charge in [0.15, 0.2) is 0 Å². The van der Waals surface area contributed by atoms with Crippen LogP contribution in [0.15, 0.2) is 54.6 Å². The number of aromatic nitrogens is 1. The van der Waals surface area contributed by atoms with Gasteiger partial charge in [0, 0.05) is 16.8 Å². The van der Waals surface area contributed by atoms with Crippen molar-refractivity contribution >= 4 is 22.5 Å². The summed E-state index contributed by atoms with van der Waals surface area (Å²) in [4.78, 5) is 0. The summed E-state index contributed by atoms with van der Waals surface area (Å²) in [6, 6.07) is 18.8. The molecule has 0 amide bonds. The number of benzene rings is 2. The van der Waals surface area contributed by atoms with E-state index in [9.17, 15) is 0 Å². The quantitative estimate of drug-likeness (QED) is 0.586. The minimum Gasteiger partial charge on any atom is -0.312 e. The van der Waals surface area contributed by atoms with Crippen LogP contribution in [0.25, 0.3) is 16.6 Å². The molecule has 0 spiro atoms. The lowest BCUT2D eigenvalue weighted by Gasteiger charge is -2.09. The van der Waals surface area contributed by atoms with Gasteiger partial charge in [0.2, 0.25) is 0 Å². The van der Waals surface area contributed by atoms with Gasteiger partial charge in [-0.15, -0.1) is 11.6 Å². The maximum atomic E-state index is 6.14. The van der Waals surface area contributed by atoms with Crippen molar-refractivity contribution in [3.8, 4) is 5.69 Å². The summed E-state index contributed by atoms with van der Waals surface area (Å²) in [5.74, 6) is 0.523. The molecule has 0 aliphatic heterocycles. The first kappa shape index (κ1) is 11.4. The van der Waals surface area contributed by atoms with Crippen molar-refractivity contribution in [3.05, 3.63) is 65.9 Å². The summed E-state index contributed by atoms with van der Waals surface area (Å²) < 4.78 is 2.25. The highest BCUT2D eigenvalue weighted by molar-refractivity contribution is 6.17. The fourth-order valence-corrected chi connectivity index (χ4v) is 2.81. The number of para-hydroxylation sites is 2. The molecule has 18 heavy (non-hydrogen) atoms. The van der Waals surface area contributed by atoms with Crippen LogP contribution in [0.1, 0.15) is 11.3 Å². The highest BCUT2D eigenvalue weighted by atomic mass is 35.5. The second kappa shape index (κ2) is 4.51. The van der Waals surface area contributed by atoms with Gasteiger partial charge in [0.25, 0.3) is 0 Å². The Hall–Kier alpha value is -1.73. The zero-order valence-corrected chi connectivity index (χ0v) is 11.0. The molecular formula is C16H14ClN. The van der Waals surface area contributed by atoms with Crippen LogP contribution in [0.4, 0.5) is 0 Å². The lowest BCUT2D eigenvalue weighted by molar-refractivity contribution is 1.02. The molecular weight excluding hydrogens is 242 g/mol. The first-order chi connectivity index (χ1) is 8.83. The lowest BCUT2D eigenvalue weighted by Crippen LogP contribution is -1.98. The van der Waals surface area contributed by atoms with Crippen molar-refractivity contribution in [2.75, 3.05) is 0 Å². The number of halogens is 1. The minimum atomic E-state index is 0.523. The first-order valence-electron chi connectivity index (χ1n) is 6.03. The second-order valence-corrected chi connectivity index (χ2v) is 4.66. The summed E-state index contributed by atoms with van der Waals surface area (Å²) in [5, 5.41) is 1.28. The number of nitrogens with zero attached hydrogens (tertiary/aromatic N) is 1. The number of aryl methyl sites for hydroxylation is 1. The molecule has 0 atom stereocenters. The number of hydrogen-bond donors (Lipinski definition) is 0. The normalized spacial score (nSPS) is 11.0. The first-order valence-corrected chi connectivity index (χ1v) is 6.56. The molecule has 1 aromatic heterocycles. The van der Waals surface area contributed by atoms with E-state index >= 15 is 0 Å². The zero-order chi connectivity index (χ0) is 12.5. The van der Waals surface area contributed by atoms with E-state index in [0.29, 0.717) is 5.88 Å². The van der Waals surface area contributed by atoms with Gasteiger partial charge < -0.3 is 4.57 Å². The van der Waals surface area contributed by atoms with Crippen LogP contribution in [-0.2, 0) is 5.88 Å². The van der Waals surface area contributed by atoms with Crippen LogP contribution in [0.3, 0.4) is 0 Å². The van der Waals surface area contributed by atoms with Crippen LogP contribution in [0.2, 0.25) is 0 Å².